The Kier molecular flexibility index (Phi) is 4.92. The van der Waals surface area contributed by atoms with E-state index in [1.54, 1.807) is 12.1 Å². The largest absolute Gasteiger partial charge is 0.383 e. The van der Waals surface area contributed by atoms with Gasteiger partial charge in [0.05, 0.1) is 4.92 Å². The topological polar surface area (TPSA) is 61.7 Å². The number of piperazine rings is 1. The molecule has 110 valence electrons. The van der Waals surface area contributed by atoms with Gasteiger partial charge in [0.2, 0.25) is 0 Å². The second-order valence-electron chi connectivity index (χ2n) is 5.37. The van der Waals surface area contributed by atoms with Crippen molar-refractivity contribution in [3.63, 3.8) is 0 Å². The number of nitro benzene ring substituents is 1. The Hall–Kier alpha value is -1.66. The van der Waals surface area contributed by atoms with Crippen molar-refractivity contribution in [2.45, 2.75) is 13.0 Å². The number of nitro groups is 1. The third-order valence-corrected chi connectivity index (χ3v) is 3.84. The van der Waals surface area contributed by atoms with Crippen LogP contribution in [0.1, 0.15) is 6.92 Å². The quantitative estimate of drug-likeness (QED) is 0.655. The number of likely N-dealkylation sites (N-methyl/N-ethyl adjacent to an activating group) is 1. The molecule has 1 saturated heterocycles. The van der Waals surface area contributed by atoms with Gasteiger partial charge in [-0.05, 0) is 26.1 Å². The highest BCUT2D eigenvalue weighted by Crippen LogP contribution is 2.15. The number of hydrogen-bond donors (Lipinski definition) is 1. The fourth-order valence-corrected chi connectivity index (χ4v) is 2.36. The Morgan fingerprint density at radius 2 is 1.85 bits per heavy atom. The SMILES string of the molecule is CC(CNc1ccc([N+](=O)[O-])cc1)N1CCN(C)CC1. The molecule has 1 aromatic carbocycles. The Morgan fingerprint density at radius 3 is 2.40 bits per heavy atom. The van der Waals surface area contributed by atoms with E-state index in [1.165, 1.54) is 12.1 Å². The van der Waals surface area contributed by atoms with Gasteiger partial charge in [0.15, 0.2) is 0 Å². The Bertz CT molecular complexity index is 441. The summed E-state index contributed by atoms with van der Waals surface area (Å²) in [5.41, 5.74) is 1.05. The molecule has 1 aromatic rings. The summed E-state index contributed by atoms with van der Waals surface area (Å²) in [6.45, 7) is 7.48. The minimum Gasteiger partial charge on any atom is -0.383 e. The molecule has 6 nitrogen and oxygen atoms in total. The molecular formula is C14H22N4O2. The highest BCUT2D eigenvalue weighted by Gasteiger charge is 2.18. The molecule has 0 radical (unpaired) electrons. The van der Waals surface area contributed by atoms with Gasteiger partial charge >= 0.3 is 0 Å². The van der Waals surface area contributed by atoms with E-state index in [9.17, 15) is 10.1 Å². The van der Waals surface area contributed by atoms with Crippen LogP contribution in [0.15, 0.2) is 24.3 Å². The first-order valence-corrected chi connectivity index (χ1v) is 6.97. The highest BCUT2D eigenvalue weighted by molar-refractivity contribution is 5.48. The summed E-state index contributed by atoms with van der Waals surface area (Å²) in [6, 6.07) is 7.04. The van der Waals surface area contributed by atoms with E-state index in [2.05, 4.69) is 29.1 Å². The number of rotatable bonds is 5. The summed E-state index contributed by atoms with van der Waals surface area (Å²) in [6.07, 6.45) is 0. The molecule has 1 heterocycles. The molecule has 1 aliphatic rings. The molecule has 1 aliphatic heterocycles. The van der Waals surface area contributed by atoms with E-state index in [-0.39, 0.29) is 10.6 Å². The maximum absolute atomic E-state index is 10.6. The Morgan fingerprint density at radius 1 is 1.25 bits per heavy atom. The molecule has 1 N–H and O–H groups in total. The number of nitrogens with one attached hydrogen (secondary N) is 1. The van der Waals surface area contributed by atoms with Gasteiger partial charge in [0.1, 0.15) is 0 Å². The molecule has 0 spiro atoms. The Labute approximate surface area is 119 Å². The van der Waals surface area contributed by atoms with E-state index >= 15 is 0 Å². The predicted molar refractivity (Wildman–Crippen MR) is 80.1 cm³/mol. The standard InChI is InChI=1S/C14H22N4O2/c1-12(17-9-7-16(2)8-10-17)11-15-13-3-5-14(6-4-13)18(19)20/h3-6,12,15H,7-11H2,1-2H3. The number of non-ortho nitro benzene ring substituents is 1. The lowest BCUT2D eigenvalue weighted by atomic mass is 10.2. The van der Waals surface area contributed by atoms with E-state index in [0.29, 0.717) is 6.04 Å². The van der Waals surface area contributed by atoms with Crippen molar-refractivity contribution in [1.82, 2.24) is 9.80 Å². The van der Waals surface area contributed by atoms with Gasteiger partial charge in [-0.3, -0.25) is 15.0 Å². The number of hydrogen-bond acceptors (Lipinski definition) is 5. The number of benzene rings is 1. The summed E-state index contributed by atoms with van der Waals surface area (Å²) < 4.78 is 0. The summed E-state index contributed by atoms with van der Waals surface area (Å²) >= 11 is 0. The lowest BCUT2D eigenvalue weighted by molar-refractivity contribution is -0.384. The van der Waals surface area contributed by atoms with Crippen molar-refractivity contribution < 1.29 is 4.92 Å². The second-order valence-corrected chi connectivity index (χ2v) is 5.37. The van der Waals surface area contributed by atoms with Crippen LogP contribution in [-0.2, 0) is 0 Å². The molecule has 1 atom stereocenters. The summed E-state index contributed by atoms with van der Waals surface area (Å²) in [7, 11) is 2.15. The molecule has 0 bridgehead atoms. The van der Waals surface area contributed by atoms with Crippen LogP contribution in [0.3, 0.4) is 0 Å². The number of nitrogens with zero attached hydrogens (tertiary/aromatic N) is 3. The predicted octanol–water partition coefficient (Wildman–Crippen LogP) is 1.64. The average molecular weight is 278 g/mol. The zero-order valence-electron chi connectivity index (χ0n) is 12.1. The average Bonchev–Trinajstić information content (AvgIpc) is 2.46. The van der Waals surface area contributed by atoms with Crippen LogP contribution in [0.5, 0.6) is 0 Å². The van der Waals surface area contributed by atoms with Crippen LogP contribution in [0.2, 0.25) is 0 Å². The van der Waals surface area contributed by atoms with Crippen molar-refractivity contribution >= 4 is 11.4 Å². The van der Waals surface area contributed by atoms with Gasteiger partial charge in [0, 0.05) is 56.6 Å². The van der Waals surface area contributed by atoms with Gasteiger partial charge in [-0.1, -0.05) is 0 Å². The third-order valence-electron chi connectivity index (χ3n) is 3.84. The van der Waals surface area contributed by atoms with Crippen LogP contribution in [-0.4, -0.2) is 60.5 Å². The first-order chi connectivity index (χ1) is 9.56. The molecule has 0 saturated carbocycles. The van der Waals surface area contributed by atoms with Gasteiger partial charge in [-0.2, -0.15) is 0 Å². The lowest BCUT2D eigenvalue weighted by Gasteiger charge is -2.36. The molecular weight excluding hydrogens is 256 g/mol. The molecule has 1 unspecified atom stereocenters. The molecule has 0 aliphatic carbocycles. The molecule has 1 fully saturated rings. The molecule has 0 aromatic heterocycles. The first kappa shape index (κ1) is 14.7. The molecule has 0 amide bonds. The van der Waals surface area contributed by atoms with Crippen LogP contribution in [0, 0.1) is 10.1 Å². The summed E-state index contributed by atoms with van der Waals surface area (Å²) in [4.78, 5) is 15.0. The maximum atomic E-state index is 10.6. The van der Waals surface area contributed by atoms with E-state index in [1.807, 2.05) is 0 Å². The monoisotopic (exact) mass is 278 g/mol. The van der Waals surface area contributed by atoms with E-state index in [0.717, 1.165) is 38.4 Å². The first-order valence-electron chi connectivity index (χ1n) is 6.97. The van der Waals surface area contributed by atoms with Crippen LogP contribution in [0.4, 0.5) is 11.4 Å². The van der Waals surface area contributed by atoms with Crippen molar-refractivity contribution in [3.8, 4) is 0 Å². The van der Waals surface area contributed by atoms with Crippen molar-refractivity contribution in [2.24, 2.45) is 0 Å². The van der Waals surface area contributed by atoms with E-state index < -0.39 is 0 Å². The minimum absolute atomic E-state index is 0.127. The van der Waals surface area contributed by atoms with Gasteiger partial charge in [-0.15, -0.1) is 0 Å². The third kappa shape index (κ3) is 3.91. The summed E-state index contributed by atoms with van der Waals surface area (Å²) in [5, 5.41) is 13.9. The second kappa shape index (κ2) is 6.67. The van der Waals surface area contributed by atoms with E-state index in [4.69, 9.17) is 0 Å². The van der Waals surface area contributed by atoms with Crippen molar-refractivity contribution in [3.05, 3.63) is 34.4 Å². The highest BCUT2D eigenvalue weighted by atomic mass is 16.6. The number of anilines is 1. The van der Waals surface area contributed by atoms with Crippen molar-refractivity contribution in [1.29, 1.82) is 0 Å². The van der Waals surface area contributed by atoms with Crippen LogP contribution >= 0.6 is 0 Å². The van der Waals surface area contributed by atoms with Gasteiger partial charge in [-0.25, -0.2) is 0 Å². The lowest BCUT2D eigenvalue weighted by Crippen LogP contribution is -2.49. The van der Waals surface area contributed by atoms with Crippen molar-refractivity contribution in [2.75, 3.05) is 45.1 Å². The zero-order chi connectivity index (χ0) is 14.5. The fraction of sp³-hybridized carbons (Fsp3) is 0.571. The molecule has 6 heteroatoms. The minimum atomic E-state index is -0.378. The summed E-state index contributed by atoms with van der Waals surface area (Å²) in [5.74, 6) is 0. The fourth-order valence-electron chi connectivity index (χ4n) is 2.36. The smallest absolute Gasteiger partial charge is 0.269 e. The van der Waals surface area contributed by atoms with Gasteiger partial charge in [0.25, 0.3) is 5.69 Å². The van der Waals surface area contributed by atoms with Crippen LogP contribution < -0.4 is 5.32 Å². The molecule has 20 heavy (non-hydrogen) atoms. The normalized spacial score (nSPS) is 18.7. The molecule has 2 rings (SSSR count). The van der Waals surface area contributed by atoms with Gasteiger partial charge < -0.3 is 10.2 Å². The van der Waals surface area contributed by atoms with Crippen LogP contribution in [0.25, 0.3) is 0 Å². The zero-order valence-corrected chi connectivity index (χ0v) is 12.1. The maximum Gasteiger partial charge on any atom is 0.269 e. The Balaban J connectivity index is 1.80.